The van der Waals surface area contributed by atoms with Crippen LogP contribution in [0.25, 0.3) is 0 Å². The van der Waals surface area contributed by atoms with E-state index in [-0.39, 0.29) is 5.97 Å². The van der Waals surface area contributed by atoms with Crippen molar-refractivity contribution in [1.29, 1.82) is 0 Å². The Bertz CT molecular complexity index is 361. The van der Waals surface area contributed by atoms with E-state index in [9.17, 15) is 4.79 Å². The summed E-state index contributed by atoms with van der Waals surface area (Å²) in [6.07, 6.45) is 1.62. The van der Waals surface area contributed by atoms with Gasteiger partial charge in [-0.1, -0.05) is 6.07 Å². The van der Waals surface area contributed by atoms with Gasteiger partial charge in [-0.15, -0.1) is 0 Å². The first kappa shape index (κ1) is 11.5. The first-order valence-electron chi connectivity index (χ1n) is 4.62. The van der Waals surface area contributed by atoms with Gasteiger partial charge in [-0.3, -0.25) is 4.79 Å². The van der Waals surface area contributed by atoms with Crippen LogP contribution in [0.5, 0.6) is 5.88 Å². The monoisotopic (exact) mass is 209 g/mol. The Labute approximate surface area is 89.2 Å². The smallest absolute Gasteiger partial charge is 0.315 e. The van der Waals surface area contributed by atoms with E-state index in [1.54, 1.807) is 26.1 Å². The molecule has 15 heavy (non-hydrogen) atoms. The summed E-state index contributed by atoms with van der Waals surface area (Å²) in [6, 6.07) is 3.57. The zero-order chi connectivity index (χ0) is 11.5. The summed E-state index contributed by atoms with van der Waals surface area (Å²) >= 11 is 0. The van der Waals surface area contributed by atoms with Gasteiger partial charge in [-0.25, -0.2) is 4.98 Å². The average Bonchev–Trinajstić information content (AvgIpc) is 2.27. The maximum atomic E-state index is 11.6. The van der Waals surface area contributed by atoms with Crippen molar-refractivity contribution < 1.29 is 14.3 Å². The van der Waals surface area contributed by atoms with Gasteiger partial charge in [0.25, 0.3) is 0 Å². The van der Waals surface area contributed by atoms with Gasteiger partial charge in [-0.05, 0) is 19.9 Å². The van der Waals surface area contributed by atoms with Crippen molar-refractivity contribution in [3.05, 3.63) is 23.9 Å². The molecule has 1 heterocycles. The van der Waals surface area contributed by atoms with Crippen LogP contribution < -0.4 is 4.74 Å². The Balaban J connectivity index is 3.19. The molecular weight excluding hydrogens is 194 g/mol. The maximum absolute atomic E-state index is 11.6. The molecule has 0 bridgehead atoms. The van der Waals surface area contributed by atoms with Gasteiger partial charge in [0.2, 0.25) is 5.88 Å². The van der Waals surface area contributed by atoms with Gasteiger partial charge in [-0.2, -0.15) is 0 Å². The summed E-state index contributed by atoms with van der Waals surface area (Å²) in [4.78, 5) is 15.6. The van der Waals surface area contributed by atoms with E-state index in [0.717, 1.165) is 5.56 Å². The number of nitrogens with zero attached hydrogens (tertiary/aromatic N) is 1. The predicted octanol–water partition coefficient (Wildman–Crippen LogP) is 1.54. The molecule has 4 nitrogen and oxygen atoms in total. The topological polar surface area (TPSA) is 48.4 Å². The zero-order valence-corrected chi connectivity index (χ0v) is 9.40. The third kappa shape index (κ3) is 2.09. The number of ether oxygens (including phenoxy) is 2. The average molecular weight is 209 g/mol. The molecule has 1 aromatic heterocycles. The molecule has 0 saturated carbocycles. The summed E-state index contributed by atoms with van der Waals surface area (Å²) in [6.45, 7) is 3.55. The number of carbonyl (C=O) groups is 1. The van der Waals surface area contributed by atoms with E-state index in [4.69, 9.17) is 9.47 Å². The lowest BCUT2D eigenvalue weighted by molar-refractivity contribution is -0.146. The molecule has 0 saturated heterocycles. The SMILES string of the molecule is COC(=O)C(C)(C)c1cccnc1OC. The lowest BCUT2D eigenvalue weighted by Crippen LogP contribution is -2.30. The molecule has 0 aromatic carbocycles. The Morgan fingerprint density at radius 3 is 2.60 bits per heavy atom. The molecule has 1 rings (SSSR count). The number of aromatic nitrogens is 1. The van der Waals surface area contributed by atoms with Crippen LogP contribution >= 0.6 is 0 Å². The first-order valence-corrected chi connectivity index (χ1v) is 4.62. The minimum absolute atomic E-state index is 0.311. The van der Waals surface area contributed by atoms with Crippen molar-refractivity contribution in [3.63, 3.8) is 0 Å². The highest BCUT2D eigenvalue weighted by molar-refractivity contribution is 5.82. The maximum Gasteiger partial charge on any atom is 0.315 e. The lowest BCUT2D eigenvalue weighted by Gasteiger charge is -2.23. The van der Waals surface area contributed by atoms with Crippen molar-refractivity contribution in [2.45, 2.75) is 19.3 Å². The summed E-state index contributed by atoms with van der Waals surface area (Å²) in [7, 11) is 2.89. The van der Waals surface area contributed by atoms with E-state index in [2.05, 4.69) is 4.98 Å². The van der Waals surface area contributed by atoms with E-state index < -0.39 is 5.41 Å². The summed E-state index contributed by atoms with van der Waals surface area (Å²) in [5.74, 6) is 0.140. The van der Waals surface area contributed by atoms with Crippen molar-refractivity contribution >= 4 is 5.97 Å². The molecule has 0 radical (unpaired) electrons. The number of methoxy groups -OCH3 is 2. The second-order valence-corrected chi connectivity index (χ2v) is 3.68. The number of rotatable bonds is 3. The number of carbonyl (C=O) groups excluding carboxylic acids is 1. The molecule has 0 unspecified atom stereocenters. The summed E-state index contributed by atoms with van der Waals surface area (Å²) < 4.78 is 9.85. The van der Waals surface area contributed by atoms with Gasteiger partial charge < -0.3 is 9.47 Å². The molecule has 0 aliphatic heterocycles. The molecule has 4 heteroatoms. The quantitative estimate of drug-likeness (QED) is 0.708. The fraction of sp³-hybridized carbons (Fsp3) is 0.455. The lowest BCUT2D eigenvalue weighted by atomic mass is 9.85. The molecule has 1 aromatic rings. The molecule has 0 atom stereocenters. The van der Waals surface area contributed by atoms with Crippen LogP contribution in [0.2, 0.25) is 0 Å². The Kier molecular flexibility index (Phi) is 3.29. The fourth-order valence-electron chi connectivity index (χ4n) is 1.39. The number of hydrogen-bond acceptors (Lipinski definition) is 4. The summed E-state index contributed by atoms with van der Waals surface area (Å²) in [5, 5.41) is 0. The Morgan fingerprint density at radius 2 is 2.07 bits per heavy atom. The van der Waals surface area contributed by atoms with Crippen molar-refractivity contribution in [1.82, 2.24) is 4.98 Å². The van der Waals surface area contributed by atoms with Gasteiger partial charge in [0, 0.05) is 11.8 Å². The molecule has 0 spiro atoms. The molecule has 0 N–H and O–H groups in total. The fourth-order valence-corrected chi connectivity index (χ4v) is 1.39. The number of hydrogen-bond donors (Lipinski definition) is 0. The van der Waals surface area contributed by atoms with Crippen LogP contribution in [0.1, 0.15) is 19.4 Å². The van der Waals surface area contributed by atoms with Crippen LogP contribution in [0.4, 0.5) is 0 Å². The predicted molar refractivity (Wildman–Crippen MR) is 55.8 cm³/mol. The van der Waals surface area contributed by atoms with Crippen LogP contribution in [0, 0.1) is 0 Å². The molecule has 0 aliphatic rings. The number of esters is 1. The van der Waals surface area contributed by atoms with Crippen LogP contribution in [-0.2, 0) is 14.9 Å². The number of pyridine rings is 1. The first-order chi connectivity index (χ1) is 7.04. The minimum atomic E-state index is -0.756. The van der Waals surface area contributed by atoms with Crippen molar-refractivity contribution in [2.75, 3.05) is 14.2 Å². The second-order valence-electron chi connectivity index (χ2n) is 3.68. The molecule has 0 aliphatic carbocycles. The molecule has 0 fully saturated rings. The highest BCUT2D eigenvalue weighted by Crippen LogP contribution is 2.30. The van der Waals surface area contributed by atoms with E-state index in [0.29, 0.717) is 5.88 Å². The standard InChI is InChI=1S/C11H15NO3/c1-11(2,10(13)15-4)8-6-5-7-12-9(8)14-3/h5-7H,1-4H3. The van der Waals surface area contributed by atoms with E-state index >= 15 is 0 Å². The minimum Gasteiger partial charge on any atom is -0.481 e. The highest BCUT2D eigenvalue weighted by atomic mass is 16.5. The highest BCUT2D eigenvalue weighted by Gasteiger charge is 2.34. The van der Waals surface area contributed by atoms with E-state index in [1.165, 1.54) is 14.2 Å². The van der Waals surface area contributed by atoms with Gasteiger partial charge in [0.1, 0.15) is 0 Å². The Morgan fingerprint density at radius 1 is 1.40 bits per heavy atom. The van der Waals surface area contributed by atoms with Crippen molar-refractivity contribution in [2.24, 2.45) is 0 Å². The normalized spacial score (nSPS) is 10.9. The van der Waals surface area contributed by atoms with Gasteiger partial charge in [0.05, 0.1) is 19.6 Å². The second kappa shape index (κ2) is 4.29. The van der Waals surface area contributed by atoms with Gasteiger partial charge in [0.15, 0.2) is 0 Å². The third-order valence-corrected chi connectivity index (χ3v) is 2.33. The van der Waals surface area contributed by atoms with Crippen molar-refractivity contribution in [3.8, 4) is 5.88 Å². The molecule has 82 valence electrons. The molecular formula is C11H15NO3. The van der Waals surface area contributed by atoms with Gasteiger partial charge >= 0.3 is 5.97 Å². The third-order valence-electron chi connectivity index (χ3n) is 2.33. The molecule has 0 amide bonds. The largest absolute Gasteiger partial charge is 0.481 e. The summed E-state index contributed by atoms with van der Waals surface area (Å²) in [5.41, 5.74) is -0.0340. The van der Waals surface area contributed by atoms with Crippen LogP contribution in [0.15, 0.2) is 18.3 Å². The van der Waals surface area contributed by atoms with Crippen LogP contribution in [-0.4, -0.2) is 25.2 Å². The zero-order valence-electron chi connectivity index (χ0n) is 9.40. The Hall–Kier alpha value is -1.58. The van der Waals surface area contributed by atoms with Crippen LogP contribution in [0.3, 0.4) is 0 Å². The van der Waals surface area contributed by atoms with E-state index in [1.807, 2.05) is 6.07 Å².